The Labute approximate surface area is 114 Å². The Morgan fingerprint density at radius 2 is 2.37 bits per heavy atom. The zero-order valence-electron chi connectivity index (χ0n) is 12.1. The first-order valence-electron chi connectivity index (χ1n) is 7.07. The minimum Gasteiger partial charge on any atom is -0.364 e. The molecule has 2 rings (SSSR count). The summed E-state index contributed by atoms with van der Waals surface area (Å²) in [6.07, 6.45) is 5.83. The highest BCUT2D eigenvalue weighted by Gasteiger charge is 2.31. The molecule has 5 nitrogen and oxygen atoms in total. The topological polar surface area (TPSA) is 59.0 Å². The first-order chi connectivity index (χ1) is 9.04. The van der Waals surface area contributed by atoms with Crippen molar-refractivity contribution < 1.29 is 0 Å². The van der Waals surface area contributed by atoms with Crippen LogP contribution in [-0.2, 0) is 6.54 Å². The predicted molar refractivity (Wildman–Crippen MR) is 77.5 cm³/mol. The summed E-state index contributed by atoms with van der Waals surface area (Å²) in [5, 5.41) is 6.73. The Kier molecular flexibility index (Phi) is 4.24. The maximum Gasteiger partial charge on any atom is 0.293 e. The average Bonchev–Trinajstić information content (AvgIpc) is 2.38. The van der Waals surface area contributed by atoms with E-state index in [0.29, 0.717) is 18.4 Å². The standard InChI is InChI=1S/C14H24N4O/c1-4-18-9-8-16-12(13(18)19)17-10-11-14(2,3)6-5-7-15-11/h8-9,11,15H,4-7,10H2,1-3H3,(H,16,17). The number of nitrogens with one attached hydrogen (secondary N) is 2. The van der Waals surface area contributed by atoms with Crippen molar-refractivity contribution in [1.82, 2.24) is 14.9 Å². The van der Waals surface area contributed by atoms with Crippen LogP contribution in [0.4, 0.5) is 5.82 Å². The van der Waals surface area contributed by atoms with Gasteiger partial charge in [0.15, 0.2) is 5.82 Å². The van der Waals surface area contributed by atoms with Crippen molar-refractivity contribution in [3.05, 3.63) is 22.7 Å². The summed E-state index contributed by atoms with van der Waals surface area (Å²) in [7, 11) is 0. The molecular weight excluding hydrogens is 240 g/mol. The van der Waals surface area contributed by atoms with Crippen LogP contribution in [0.25, 0.3) is 0 Å². The van der Waals surface area contributed by atoms with E-state index in [1.54, 1.807) is 17.0 Å². The van der Waals surface area contributed by atoms with Gasteiger partial charge in [-0.3, -0.25) is 4.79 Å². The normalized spacial score (nSPS) is 22.2. The molecule has 19 heavy (non-hydrogen) atoms. The number of hydrogen-bond donors (Lipinski definition) is 2. The maximum absolute atomic E-state index is 12.1. The Hall–Kier alpha value is -1.36. The van der Waals surface area contributed by atoms with Crippen molar-refractivity contribution in [2.24, 2.45) is 5.41 Å². The smallest absolute Gasteiger partial charge is 0.293 e. The minimum atomic E-state index is -0.0429. The number of aromatic nitrogens is 2. The number of piperidine rings is 1. The number of aryl methyl sites for hydroxylation is 1. The van der Waals surface area contributed by atoms with Gasteiger partial charge in [-0.15, -0.1) is 0 Å². The van der Waals surface area contributed by atoms with Crippen molar-refractivity contribution in [2.45, 2.75) is 46.2 Å². The van der Waals surface area contributed by atoms with Crippen LogP contribution in [0.3, 0.4) is 0 Å². The van der Waals surface area contributed by atoms with Crippen LogP contribution in [0, 0.1) is 5.41 Å². The molecule has 0 amide bonds. The first kappa shape index (κ1) is 14.1. The lowest BCUT2D eigenvalue weighted by Crippen LogP contribution is -2.50. The molecule has 0 saturated carbocycles. The van der Waals surface area contributed by atoms with Crippen molar-refractivity contribution >= 4 is 5.82 Å². The van der Waals surface area contributed by atoms with E-state index >= 15 is 0 Å². The van der Waals surface area contributed by atoms with Crippen LogP contribution in [-0.4, -0.2) is 28.7 Å². The van der Waals surface area contributed by atoms with Gasteiger partial charge in [-0.1, -0.05) is 13.8 Å². The molecule has 1 unspecified atom stereocenters. The molecule has 1 aliphatic heterocycles. The Bertz CT molecular complexity index is 481. The van der Waals surface area contributed by atoms with Gasteiger partial charge in [0.1, 0.15) is 0 Å². The lowest BCUT2D eigenvalue weighted by molar-refractivity contribution is 0.188. The monoisotopic (exact) mass is 264 g/mol. The molecule has 1 aromatic heterocycles. The zero-order chi connectivity index (χ0) is 13.9. The number of anilines is 1. The van der Waals surface area contributed by atoms with E-state index in [2.05, 4.69) is 29.5 Å². The van der Waals surface area contributed by atoms with Crippen LogP contribution < -0.4 is 16.2 Å². The quantitative estimate of drug-likeness (QED) is 0.864. The van der Waals surface area contributed by atoms with Crippen molar-refractivity contribution in [1.29, 1.82) is 0 Å². The second-order valence-electron chi connectivity index (χ2n) is 5.85. The van der Waals surface area contributed by atoms with Crippen LogP contribution in [0.15, 0.2) is 17.2 Å². The highest BCUT2D eigenvalue weighted by atomic mass is 16.1. The van der Waals surface area contributed by atoms with Crippen LogP contribution >= 0.6 is 0 Å². The Morgan fingerprint density at radius 1 is 1.58 bits per heavy atom. The summed E-state index contributed by atoms with van der Waals surface area (Å²) in [4.78, 5) is 16.2. The predicted octanol–water partition coefficient (Wildman–Crippen LogP) is 1.45. The molecule has 1 aromatic rings. The average molecular weight is 264 g/mol. The second-order valence-corrected chi connectivity index (χ2v) is 5.85. The lowest BCUT2D eigenvalue weighted by Gasteiger charge is -2.39. The van der Waals surface area contributed by atoms with Crippen molar-refractivity contribution in [2.75, 3.05) is 18.4 Å². The van der Waals surface area contributed by atoms with E-state index in [0.717, 1.165) is 13.1 Å². The largest absolute Gasteiger partial charge is 0.364 e. The minimum absolute atomic E-state index is 0.0429. The van der Waals surface area contributed by atoms with Gasteiger partial charge in [-0.2, -0.15) is 0 Å². The van der Waals surface area contributed by atoms with Gasteiger partial charge in [0.2, 0.25) is 0 Å². The molecule has 0 spiro atoms. The van der Waals surface area contributed by atoms with E-state index in [9.17, 15) is 4.79 Å². The Morgan fingerprint density at radius 3 is 3.05 bits per heavy atom. The molecule has 1 fully saturated rings. The van der Waals surface area contributed by atoms with Gasteiger partial charge in [0, 0.05) is 31.5 Å². The zero-order valence-corrected chi connectivity index (χ0v) is 12.1. The van der Waals surface area contributed by atoms with Crippen LogP contribution in [0.5, 0.6) is 0 Å². The lowest BCUT2D eigenvalue weighted by atomic mass is 9.77. The molecule has 2 heterocycles. The highest BCUT2D eigenvalue weighted by Crippen LogP contribution is 2.29. The second kappa shape index (κ2) is 5.74. The highest BCUT2D eigenvalue weighted by molar-refractivity contribution is 5.31. The fourth-order valence-corrected chi connectivity index (χ4v) is 2.64. The molecule has 1 aliphatic rings. The third-order valence-corrected chi connectivity index (χ3v) is 4.06. The van der Waals surface area contributed by atoms with Crippen molar-refractivity contribution in [3.8, 4) is 0 Å². The van der Waals surface area contributed by atoms with E-state index in [1.165, 1.54) is 12.8 Å². The summed E-state index contributed by atoms with van der Waals surface area (Å²) < 4.78 is 1.66. The molecule has 0 aliphatic carbocycles. The molecule has 106 valence electrons. The van der Waals surface area contributed by atoms with E-state index in [1.807, 2.05) is 6.92 Å². The molecule has 1 atom stereocenters. The summed E-state index contributed by atoms with van der Waals surface area (Å²) in [5.74, 6) is 0.451. The summed E-state index contributed by atoms with van der Waals surface area (Å²) in [6, 6.07) is 0.373. The number of rotatable bonds is 4. The van der Waals surface area contributed by atoms with Gasteiger partial charge in [0.05, 0.1) is 0 Å². The molecule has 2 N–H and O–H groups in total. The van der Waals surface area contributed by atoms with Crippen LogP contribution in [0.2, 0.25) is 0 Å². The fraction of sp³-hybridized carbons (Fsp3) is 0.714. The van der Waals surface area contributed by atoms with Gasteiger partial charge in [-0.25, -0.2) is 4.98 Å². The maximum atomic E-state index is 12.1. The molecule has 0 radical (unpaired) electrons. The van der Waals surface area contributed by atoms with Gasteiger partial charge >= 0.3 is 0 Å². The summed E-state index contributed by atoms with van der Waals surface area (Å²) >= 11 is 0. The Balaban J connectivity index is 2.04. The van der Waals surface area contributed by atoms with Crippen molar-refractivity contribution in [3.63, 3.8) is 0 Å². The number of hydrogen-bond acceptors (Lipinski definition) is 4. The molecule has 1 saturated heterocycles. The van der Waals surface area contributed by atoms with E-state index in [4.69, 9.17) is 0 Å². The van der Waals surface area contributed by atoms with E-state index in [-0.39, 0.29) is 11.0 Å². The van der Waals surface area contributed by atoms with Gasteiger partial charge in [0.25, 0.3) is 5.56 Å². The number of nitrogens with zero attached hydrogens (tertiary/aromatic N) is 2. The first-order valence-corrected chi connectivity index (χ1v) is 7.07. The SMILES string of the molecule is CCn1ccnc(NCC2NCCCC2(C)C)c1=O. The molecule has 0 bridgehead atoms. The molecular formula is C14H24N4O. The summed E-state index contributed by atoms with van der Waals surface area (Å²) in [6.45, 7) is 8.96. The molecule has 0 aromatic carbocycles. The van der Waals surface area contributed by atoms with Gasteiger partial charge < -0.3 is 15.2 Å². The molecule has 5 heteroatoms. The van der Waals surface area contributed by atoms with Gasteiger partial charge in [-0.05, 0) is 31.7 Å². The third-order valence-electron chi connectivity index (χ3n) is 4.06. The van der Waals surface area contributed by atoms with Crippen LogP contribution in [0.1, 0.15) is 33.6 Å². The summed E-state index contributed by atoms with van der Waals surface area (Å²) in [5.41, 5.74) is 0.211. The third kappa shape index (κ3) is 3.15. The van der Waals surface area contributed by atoms with E-state index < -0.39 is 0 Å². The fourth-order valence-electron chi connectivity index (χ4n) is 2.64.